The fourth-order valence-electron chi connectivity index (χ4n) is 3.73. The molecular formula is C25H32N2O4. The molecule has 0 heterocycles. The number of carbonyl (C=O) groups is 2. The van der Waals surface area contributed by atoms with Gasteiger partial charge in [0.05, 0.1) is 6.04 Å². The number of benzene rings is 2. The summed E-state index contributed by atoms with van der Waals surface area (Å²) in [6.45, 7) is 10.7. The molecule has 0 saturated heterocycles. The first-order valence-corrected chi connectivity index (χ1v) is 10.6. The van der Waals surface area contributed by atoms with Crippen LogP contribution in [0.1, 0.15) is 59.4 Å². The van der Waals surface area contributed by atoms with Gasteiger partial charge in [0.2, 0.25) is 0 Å². The van der Waals surface area contributed by atoms with Crippen molar-refractivity contribution in [3.63, 3.8) is 0 Å². The van der Waals surface area contributed by atoms with E-state index in [1.54, 1.807) is 41.5 Å². The van der Waals surface area contributed by atoms with Crippen LogP contribution in [-0.2, 0) is 9.47 Å². The summed E-state index contributed by atoms with van der Waals surface area (Å²) in [5.74, 6) is -0.103. The highest BCUT2D eigenvalue weighted by atomic mass is 16.6. The highest BCUT2D eigenvalue weighted by molar-refractivity contribution is 5.86. The molecule has 6 heteroatoms. The van der Waals surface area contributed by atoms with Crippen molar-refractivity contribution in [1.29, 1.82) is 0 Å². The molecule has 0 spiro atoms. The zero-order valence-electron chi connectivity index (χ0n) is 19.1. The maximum atomic E-state index is 13.1. The summed E-state index contributed by atoms with van der Waals surface area (Å²) in [4.78, 5) is 25.6. The average Bonchev–Trinajstić information content (AvgIpc) is 3.12. The van der Waals surface area contributed by atoms with E-state index in [0.717, 1.165) is 16.3 Å². The van der Waals surface area contributed by atoms with E-state index < -0.39 is 23.4 Å². The molecular weight excluding hydrogens is 392 g/mol. The molecule has 6 nitrogen and oxygen atoms in total. The first kappa shape index (κ1) is 22.7. The van der Waals surface area contributed by atoms with E-state index in [4.69, 9.17) is 9.47 Å². The minimum atomic E-state index is -0.702. The van der Waals surface area contributed by atoms with Crippen LogP contribution in [0.15, 0.2) is 54.6 Å². The van der Waals surface area contributed by atoms with Gasteiger partial charge in [0.15, 0.2) is 0 Å². The van der Waals surface area contributed by atoms with E-state index in [1.807, 2.05) is 24.3 Å². The van der Waals surface area contributed by atoms with Gasteiger partial charge >= 0.3 is 12.2 Å². The Kier molecular flexibility index (Phi) is 6.30. The van der Waals surface area contributed by atoms with Crippen LogP contribution in [0.25, 0.3) is 10.8 Å². The lowest BCUT2D eigenvalue weighted by molar-refractivity contribution is -0.00995. The van der Waals surface area contributed by atoms with Crippen molar-refractivity contribution in [2.75, 3.05) is 0 Å². The predicted molar refractivity (Wildman–Crippen MR) is 122 cm³/mol. The zero-order chi connectivity index (χ0) is 22.8. The van der Waals surface area contributed by atoms with Gasteiger partial charge in [-0.1, -0.05) is 54.6 Å². The van der Waals surface area contributed by atoms with E-state index in [2.05, 4.69) is 35.8 Å². The van der Waals surface area contributed by atoms with Gasteiger partial charge in [-0.2, -0.15) is 0 Å². The number of ether oxygens (including phenoxy) is 2. The van der Waals surface area contributed by atoms with E-state index in [1.165, 1.54) is 5.01 Å². The second-order valence-corrected chi connectivity index (χ2v) is 9.79. The first-order chi connectivity index (χ1) is 14.4. The molecule has 0 bridgehead atoms. The van der Waals surface area contributed by atoms with Gasteiger partial charge in [-0.3, -0.25) is 0 Å². The first-order valence-electron chi connectivity index (χ1n) is 10.6. The summed E-state index contributed by atoms with van der Waals surface area (Å²) in [6.07, 6.45) is 3.40. The van der Waals surface area contributed by atoms with Gasteiger partial charge in [0.25, 0.3) is 0 Å². The third kappa shape index (κ3) is 5.78. The highest BCUT2D eigenvalue weighted by Gasteiger charge is 2.37. The maximum absolute atomic E-state index is 13.1. The van der Waals surface area contributed by atoms with Gasteiger partial charge in [0.1, 0.15) is 11.2 Å². The second-order valence-electron chi connectivity index (χ2n) is 9.79. The Labute approximate surface area is 184 Å². The predicted octanol–water partition coefficient (Wildman–Crippen LogP) is 5.93. The van der Waals surface area contributed by atoms with Crippen molar-refractivity contribution in [1.82, 2.24) is 10.4 Å². The van der Waals surface area contributed by atoms with Gasteiger partial charge in [-0.25, -0.2) is 20.0 Å². The SMILES string of the molecule is CC(C)(C)OC(=O)NN(C(=O)OC(C)(C)C)[C@@H]1CC=C[C@H]1c1cccc2ccccc12. The van der Waals surface area contributed by atoms with Crippen molar-refractivity contribution in [2.45, 2.75) is 71.1 Å². The van der Waals surface area contributed by atoms with Crippen molar-refractivity contribution in [3.8, 4) is 0 Å². The minimum absolute atomic E-state index is 0.103. The van der Waals surface area contributed by atoms with E-state index in [0.29, 0.717) is 6.42 Å². The van der Waals surface area contributed by atoms with Crippen LogP contribution in [0.3, 0.4) is 0 Å². The molecule has 0 aromatic heterocycles. The Hall–Kier alpha value is -3.02. The zero-order valence-corrected chi connectivity index (χ0v) is 19.1. The normalized spacial score (nSPS) is 18.6. The molecule has 2 aromatic rings. The fraction of sp³-hybridized carbons (Fsp3) is 0.440. The molecule has 3 rings (SSSR count). The molecule has 2 atom stereocenters. The summed E-state index contributed by atoms with van der Waals surface area (Å²) in [6, 6.07) is 14.0. The number of hydrazine groups is 1. The lowest BCUT2D eigenvalue weighted by Gasteiger charge is -2.35. The van der Waals surface area contributed by atoms with Crippen LogP contribution in [0.5, 0.6) is 0 Å². The molecule has 0 fully saturated rings. The number of hydrogen-bond acceptors (Lipinski definition) is 4. The summed E-state index contributed by atoms with van der Waals surface area (Å²) >= 11 is 0. The Balaban J connectivity index is 1.95. The Morgan fingerprint density at radius 2 is 1.58 bits per heavy atom. The van der Waals surface area contributed by atoms with Crippen LogP contribution >= 0.6 is 0 Å². The number of nitrogens with one attached hydrogen (secondary N) is 1. The summed E-state index contributed by atoms with van der Waals surface area (Å²) < 4.78 is 11.0. The van der Waals surface area contributed by atoms with E-state index in [-0.39, 0.29) is 12.0 Å². The lowest BCUT2D eigenvalue weighted by atomic mass is 9.90. The summed E-state index contributed by atoms with van der Waals surface area (Å²) in [5.41, 5.74) is 2.35. The third-order valence-electron chi connectivity index (χ3n) is 4.85. The summed E-state index contributed by atoms with van der Waals surface area (Å²) in [7, 11) is 0. The van der Waals surface area contributed by atoms with E-state index >= 15 is 0 Å². The molecule has 166 valence electrons. The van der Waals surface area contributed by atoms with Crippen molar-refractivity contribution in [2.24, 2.45) is 0 Å². The van der Waals surface area contributed by atoms with Crippen LogP contribution in [0, 0.1) is 0 Å². The standard InChI is InChI=1S/C25H32N2O4/c1-24(2,3)30-22(28)26-27(23(29)31-25(4,5)6)21-16-10-15-20(21)19-14-9-12-17-11-7-8-13-18(17)19/h7-15,20-21H,16H2,1-6H3,(H,26,28)/t20-,21+/m0/s1. The molecule has 1 N–H and O–H groups in total. The number of carbonyl (C=O) groups excluding carboxylic acids is 2. The largest absolute Gasteiger partial charge is 0.443 e. The van der Waals surface area contributed by atoms with Gasteiger partial charge in [-0.05, 0) is 64.3 Å². The summed E-state index contributed by atoms with van der Waals surface area (Å²) in [5, 5.41) is 3.53. The van der Waals surface area contributed by atoms with Crippen molar-refractivity contribution in [3.05, 3.63) is 60.2 Å². The highest BCUT2D eigenvalue weighted by Crippen LogP contribution is 2.36. The molecule has 0 saturated carbocycles. The molecule has 2 amide bonds. The lowest BCUT2D eigenvalue weighted by Crippen LogP contribution is -2.55. The quantitative estimate of drug-likeness (QED) is 0.479. The average molecular weight is 425 g/mol. The second kappa shape index (κ2) is 8.61. The number of rotatable bonds is 2. The van der Waals surface area contributed by atoms with Crippen LogP contribution < -0.4 is 5.43 Å². The van der Waals surface area contributed by atoms with Crippen molar-refractivity contribution >= 4 is 23.0 Å². The monoisotopic (exact) mass is 424 g/mol. The van der Waals surface area contributed by atoms with Crippen LogP contribution in [-0.4, -0.2) is 34.4 Å². The molecule has 2 aromatic carbocycles. The number of amides is 2. The Morgan fingerprint density at radius 1 is 0.935 bits per heavy atom. The molecule has 0 aliphatic heterocycles. The number of hydrogen-bond donors (Lipinski definition) is 1. The van der Waals surface area contributed by atoms with Gasteiger partial charge in [-0.15, -0.1) is 0 Å². The molecule has 1 aliphatic carbocycles. The molecule has 0 unspecified atom stereocenters. The molecule has 0 radical (unpaired) electrons. The van der Waals surface area contributed by atoms with Gasteiger partial charge in [0, 0.05) is 5.92 Å². The third-order valence-corrected chi connectivity index (χ3v) is 4.85. The Morgan fingerprint density at radius 3 is 2.26 bits per heavy atom. The topological polar surface area (TPSA) is 67.9 Å². The van der Waals surface area contributed by atoms with E-state index in [9.17, 15) is 9.59 Å². The minimum Gasteiger partial charge on any atom is -0.443 e. The molecule has 1 aliphatic rings. The smallest absolute Gasteiger partial charge is 0.429 e. The van der Waals surface area contributed by atoms with Crippen LogP contribution in [0.2, 0.25) is 0 Å². The fourth-order valence-corrected chi connectivity index (χ4v) is 3.73. The van der Waals surface area contributed by atoms with Crippen LogP contribution in [0.4, 0.5) is 9.59 Å². The molecule has 31 heavy (non-hydrogen) atoms. The number of fused-ring (bicyclic) bond motifs is 1. The number of nitrogens with zero attached hydrogens (tertiary/aromatic N) is 1. The van der Waals surface area contributed by atoms with Gasteiger partial charge < -0.3 is 9.47 Å². The Bertz CT molecular complexity index is 980. The maximum Gasteiger partial charge on any atom is 0.429 e. The van der Waals surface area contributed by atoms with Crippen molar-refractivity contribution < 1.29 is 19.1 Å².